The van der Waals surface area contributed by atoms with Crippen molar-refractivity contribution in [3.63, 3.8) is 0 Å². The molecule has 0 unspecified atom stereocenters. The molecule has 0 amide bonds. The number of hydrogen-bond donors (Lipinski definition) is 0. The maximum absolute atomic E-state index is 4.88. The first kappa shape index (κ1) is 13.8. The summed E-state index contributed by atoms with van der Waals surface area (Å²) in [7, 11) is 3.85. The molecule has 0 saturated carbocycles. The first-order valence-corrected chi connectivity index (χ1v) is 7.54. The second-order valence-corrected chi connectivity index (χ2v) is 5.89. The summed E-state index contributed by atoms with van der Waals surface area (Å²) in [6.45, 7) is 2.83. The fourth-order valence-electron chi connectivity index (χ4n) is 2.94. The number of aromatic nitrogens is 6. The van der Waals surface area contributed by atoms with Crippen LogP contribution in [0.2, 0.25) is 0 Å². The average Bonchev–Trinajstić information content (AvgIpc) is 3.21. The highest BCUT2D eigenvalue weighted by atomic mass is 15.3. The molecule has 23 heavy (non-hydrogen) atoms. The molecule has 116 valence electrons. The lowest BCUT2D eigenvalue weighted by Crippen LogP contribution is -2.01. The number of imidazole rings is 1. The molecule has 6 heteroatoms. The Hall–Kier alpha value is -2.89. The van der Waals surface area contributed by atoms with E-state index in [1.165, 1.54) is 5.56 Å². The predicted molar refractivity (Wildman–Crippen MR) is 89.0 cm³/mol. The number of hydrogen-bond acceptors (Lipinski definition) is 3. The Morgan fingerprint density at radius 2 is 1.78 bits per heavy atom. The van der Waals surface area contributed by atoms with Gasteiger partial charge in [0, 0.05) is 32.1 Å². The van der Waals surface area contributed by atoms with Crippen LogP contribution in [-0.4, -0.2) is 29.1 Å². The third-order valence-corrected chi connectivity index (χ3v) is 4.04. The molecule has 0 N–H and O–H groups in total. The molecule has 0 spiro atoms. The van der Waals surface area contributed by atoms with E-state index in [2.05, 4.69) is 39.9 Å². The first-order valence-electron chi connectivity index (χ1n) is 7.54. The van der Waals surface area contributed by atoms with Gasteiger partial charge in [-0.3, -0.25) is 9.36 Å². The van der Waals surface area contributed by atoms with Crippen molar-refractivity contribution in [2.75, 3.05) is 0 Å². The van der Waals surface area contributed by atoms with Crippen LogP contribution in [0.3, 0.4) is 0 Å². The molecular formula is C17H18N6. The lowest BCUT2D eigenvalue weighted by atomic mass is 10.2. The fourth-order valence-corrected chi connectivity index (χ4v) is 2.94. The molecule has 0 saturated heterocycles. The van der Waals surface area contributed by atoms with Gasteiger partial charge in [-0.05, 0) is 18.6 Å². The van der Waals surface area contributed by atoms with E-state index in [9.17, 15) is 0 Å². The van der Waals surface area contributed by atoms with Crippen LogP contribution in [0.5, 0.6) is 0 Å². The minimum atomic E-state index is 0.734. The SMILES string of the molecule is Cc1cccc2c1nc(-c1cnn(C)c1)n2Cc1cnn(C)c1. The summed E-state index contributed by atoms with van der Waals surface area (Å²) in [5.74, 6) is 0.936. The van der Waals surface area contributed by atoms with E-state index in [0.29, 0.717) is 0 Å². The van der Waals surface area contributed by atoms with E-state index in [-0.39, 0.29) is 0 Å². The van der Waals surface area contributed by atoms with Gasteiger partial charge >= 0.3 is 0 Å². The van der Waals surface area contributed by atoms with Gasteiger partial charge in [0.05, 0.1) is 35.5 Å². The van der Waals surface area contributed by atoms with Gasteiger partial charge in [0.2, 0.25) is 0 Å². The zero-order chi connectivity index (χ0) is 16.0. The van der Waals surface area contributed by atoms with Crippen molar-refractivity contribution in [1.82, 2.24) is 29.1 Å². The Morgan fingerprint density at radius 3 is 2.48 bits per heavy atom. The van der Waals surface area contributed by atoms with Crippen LogP contribution in [0.4, 0.5) is 0 Å². The number of rotatable bonds is 3. The predicted octanol–water partition coefficient (Wildman–Crippen LogP) is 2.53. The number of fused-ring (bicyclic) bond motifs is 1. The molecule has 0 fully saturated rings. The summed E-state index contributed by atoms with van der Waals surface area (Å²) in [5, 5.41) is 8.55. The molecule has 3 heterocycles. The highest BCUT2D eigenvalue weighted by molar-refractivity contribution is 5.83. The Bertz CT molecular complexity index is 988. The third kappa shape index (κ3) is 2.32. The largest absolute Gasteiger partial charge is 0.319 e. The van der Waals surface area contributed by atoms with Gasteiger partial charge in [-0.1, -0.05) is 12.1 Å². The van der Waals surface area contributed by atoms with Crippen LogP contribution in [0.1, 0.15) is 11.1 Å². The van der Waals surface area contributed by atoms with Gasteiger partial charge in [0.25, 0.3) is 0 Å². The van der Waals surface area contributed by atoms with Crippen molar-refractivity contribution < 1.29 is 0 Å². The highest BCUT2D eigenvalue weighted by Gasteiger charge is 2.15. The third-order valence-electron chi connectivity index (χ3n) is 4.04. The number of aryl methyl sites for hydroxylation is 3. The minimum Gasteiger partial charge on any atom is -0.319 e. The van der Waals surface area contributed by atoms with E-state index in [1.54, 1.807) is 4.68 Å². The van der Waals surface area contributed by atoms with Gasteiger partial charge in [0.15, 0.2) is 0 Å². The molecule has 0 aliphatic carbocycles. The minimum absolute atomic E-state index is 0.734. The maximum atomic E-state index is 4.88. The number of para-hydroxylation sites is 1. The van der Waals surface area contributed by atoms with E-state index in [4.69, 9.17) is 4.98 Å². The van der Waals surface area contributed by atoms with Gasteiger partial charge in [-0.15, -0.1) is 0 Å². The Labute approximate surface area is 134 Å². The Balaban J connectivity index is 1.93. The molecule has 4 rings (SSSR count). The Kier molecular flexibility index (Phi) is 3.04. The van der Waals surface area contributed by atoms with Crippen LogP contribution in [0, 0.1) is 6.92 Å². The zero-order valence-electron chi connectivity index (χ0n) is 13.4. The topological polar surface area (TPSA) is 53.5 Å². The van der Waals surface area contributed by atoms with Crippen LogP contribution in [0.15, 0.2) is 43.0 Å². The molecule has 0 atom stereocenters. The van der Waals surface area contributed by atoms with Crippen molar-refractivity contribution in [3.8, 4) is 11.4 Å². The highest BCUT2D eigenvalue weighted by Crippen LogP contribution is 2.27. The van der Waals surface area contributed by atoms with Gasteiger partial charge < -0.3 is 4.57 Å². The van der Waals surface area contributed by atoms with Crippen LogP contribution in [-0.2, 0) is 20.6 Å². The summed E-state index contributed by atoms with van der Waals surface area (Å²) in [6.07, 6.45) is 7.79. The van der Waals surface area contributed by atoms with Gasteiger partial charge in [-0.2, -0.15) is 10.2 Å². The summed E-state index contributed by atoms with van der Waals surface area (Å²) >= 11 is 0. The number of benzene rings is 1. The normalized spacial score (nSPS) is 11.4. The van der Waals surface area contributed by atoms with E-state index < -0.39 is 0 Å². The summed E-state index contributed by atoms with van der Waals surface area (Å²) in [6, 6.07) is 6.29. The molecule has 6 nitrogen and oxygen atoms in total. The van der Waals surface area contributed by atoms with Crippen LogP contribution >= 0.6 is 0 Å². The van der Waals surface area contributed by atoms with Gasteiger partial charge in [-0.25, -0.2) is 4.98 Å². The molecule has 4 aromatic rings. The first-order chi connectivity index (χ1) is 11.1. The number of nitrogens with zero attached hydrogens (tertiary/aromatic N) is 6. The fraction of sp³-hybridized carbons (Fsp3) is 0.235. The quantitative estimate of drug-likeness (QED) is 0.584. The monoisotopic (exact) mass is 306 g/mol. The Morgan fingerprint density at radius 1 is 1.00 bits per heavy atom. The van der Waals surface area contributed by atoms with Crippen molar-refractivity contribution in [2.45, 2.75) is 13.5 Å². The van der Waals surface area contributed by atoms with Crippen molar-refractivity contribution in [3.05, 3.63) is 54.1 Å². The smallest absolute Gasteiger partial charge is 0.144 e. The molecule has 0 radical (unpaired) electrons. The van der Waals surface area contributed by atoms with Crippen LogP contribution in [0.25, 0.3) is 22.4 Å². The molecular weight excluding hydrogens is 288 g/mol. The van der Waals surface area contributed by atoms with Crippen LogP contribution < -0.4 is 0 Å². The van der Waals surface area contributed by atoms with Crippen molar-refractivity contribution >= 4 is 11.0 Å². The zero-order valence-corrected chi connectivity index (χ0v) is 13.4. The standard InChI is InChI=1S/C17H18N6/c1-12-5-4-6-15-16(12)20-17(14-8-19-22(3)11-14)23(15)10-13-7-18-21(2)9-13/h4-9,11H,10H2,1-3H3. The lowest BCUT2D eigenvalue weighted by molar-refractivity contribution is 0.764. The van der Waals surface area contributed by atoms with Crippen molar-refractivity contribution in [2.24, 2.45) is 14.1 Å². The van der Waals surface area contributed by atoms with E-state index in [1.807, 2.05) is 43.6 Å². The molecule has 0 aliphatic rings. The summed E-state index contributed by atoms with van der Waals surface area (Å²) < 4.78 is 5.86. The molecule has 0 bridgehead atoms. The van der Waals surface area contributed by atoms with E-state index in [0.717, 1.165) is 34.5 Å². The lowest BCUT2D eigenvalue weighted by Gasteiger charge is -2.06. The molecule has 3 aromatic heterocycles. The van der Waals surface area contributed by atoms with Crippen molar-refractivity contribution in [1.29, 1.82) is 0 Å². The van der Waals surface area contributed by atoms with E-state index >= 15 is 0 Å². The average molecular weight is 306 g/mol. The second-order valence-electron chi connectivity index (χ2n) is 5.89. The molecule has 0 aliphatic heterocycles. The summed E-state index contributed by atoms with van der Waals surface area (Å²) in [4.78, 5) is 4.88. The van der Waals surface area contributed by atoms with Gasteiger partial charge in [0.1, 0.15) is 5.82 Å². The molecule has 1 aromatic carbocycles. The second kappa shape index (κ2) is 5.08. The maximum Gasteiger partial charge on any atom is 0.144 e. The summed E-state index contributed by atoms with van der Waals surface area (Å²) in [5.41, 5.74) is 5.52.